The number of rotatable bonds is 4. The Balaban J connectivity index is 1.64. The topological polar surface area (TPSA) is 56.5 Å². The molecule has 5 nitrogen and oxygen atoms in total. The van der Waals surface area contributed by atoms with E-state index in [4.69, 9.17) is 11.6 Å². The maximum Gasteiger partial charge on any atom is 0.214 e. The molecule has 0 atom stereocenters. The SMILES string of the molecule is Cc1cccc(-n2nnnc2SCc2ccc(Cl)c3cccnc23)c1. The predicted octanol–water partition coefficient (Wildman–Crippen LogP) is 4.46. The molecular weight excluding hydrogens is 354 g/mol. The van der Waals surface area contributed by atoms with Gasteiger partial charge in [0.25, 0.3) is 0 Å². The molecule has 0 N–H and O–H groups in total. The molecule has 0 saturated carbocycles. The first-order chi connectivity index (χ1) is 12.2. The average molecular weight is 368 g/mol. The summed E-state index contributed by atoms with van der Waals surface area (Å²) in [5.41, 5.74) is 4.13. The molecule has 0 aliphatic rings. The average Bonchev–Trinajstić information content (AvgIpc) is 3.10. The fourth-order valence-corrected chi connectivity index (χ4v) is 3.74. The lowest BCUT2D eigenvalue weighted by Gasteiger charge is -2.08. The van der Waals surface area contributed by atoms with E-state index in [0.29, 0.717) is 10.8 Å². The minimum Gasteiger partial charge on any atom is -0.256 e. The van der Waals surface area contributed by atoms with Crippen molar-refractivity contribution in [3.63, 3.8) is 0 Å². The molecule has 0 amide bonds. The summed E-state index contributed by atoms with van der Waals surface area (Å²) in [5.74, 6) is 0.705. The summed E-state index contributed by atoms with van der Waals surface area (Å²) in [6.07, 6.45) is 1.78. The quantitative estimate of drug-likeness (QED) is 0.498. The zero-order valence-corrected chi connectivity index (χ0v) is 15.0. The molecule has 0 unspecified atom stereocenters. The van der Waals surface area contributed by atoms with E-state index in [9.17, 15) is 0 Å². The van der Waals surface area contributed by atoms with Crippen LogP contribution in [0.3, 0.4) is 0 Å². The summed E-state index contributed by atoms with van der Waals surface area (Å²) >= 11 is 7.84. The van der Waals surface area contributed by atoms with Crippen LogP contribution in [0.15, 0.2) is 59.9 Å². The van der Waals surface area contributed by atoms with Gasteiger partial charge in [-0.1, -0.05) is 41.6 Å². The van der Waals surface area contributed by atoms with Crippen molar-refractivity contribution in [3.8, 4) is 5.69 Å². The van der Waals surface area contributed by atoms with E-state index < -0.39 is 0 Å². The Labute approximate surface area is 154 Å². The van der Waals surface area contributed by atoms with Crippen LogP contribution in [0.2, 0.25) is 5.02 Å². The number of tetrazole rings is 1. The van der Waals surface area contributed by atoms with Gasteiger partial charge in [-0.15, -0.1) is 5.10 Å². The second kappa shape index (κ2) is 6.82. The lowest BCUT2D eigenvalue weighted by atomic mass is 10.1. The Kier molecular flexibility index (Phi) is 4.38. The van der Waals surface area contributed by atoms with Gasteiger partial charge in [-0.05, 0) is 58.8 Å². The van der Waals surface area contributed by atoms with Crippen molar-refractivity contribution in [1.29, 1.82) is 0 Å². The number of aryl methyl sites for hydroxylation is 1. The molecule has 25 heavy (non-hydrogen) atoms. The van der Waals surface area contributed by atoms with Gasteiger partial charge >= 0.3 is 0 Å². The van der Waals surface area contributed by atoms with Gasteiger partial charge in [0.05, 0.1) is 11.2 Å². The third-order valence-electron chi connectivity index (χ3n) is 3.84. The van der Waals surface area contributed by atoms with Crippen LogP contribution in [0.4, 0.5) is 0 Å². The standard InChI is InChI=1S/C18H14ClN5S/c1-12-4-2-5-14(10-12)24-18(21-22-23-24)25-11-13-7-8-16(19)15-6-3-9-20-17(13)15/h2-10H,11H2,1H3. The first-order valence-corrected chi connectivity index (χ1v) is 9.09. The fraction of sp³-hybridized carbons (Fsp3) is 0.111. The van der Waals surface area contributed by atoms with Gasteiger partial charge in [0, 0.05) is 22.4 Å². The maximum absolute atomic E-state index is 6.27. The number of nitrogens with zero attached hydrogens (tertiary/aromatic N) is 5. The highest BCUT2D eigenvalue weighted by Gasteiger charge is 2.12. The Morgan fingerprint density at radius 2 is 2.04 bits per heavy atom. The molecule has 2 heterocycles. The minimum atomic E-state index is 0.705. The summed E-state index contributed by atoms with van der Waals surface area (Å²) in [6.45, 7) is 2.05. The zero-order chi connectivity index (χ0) is 17.2. The zero-order valence-electron chi connectivity index (χ0n) is 13.4. The van der Waals surface area contributed by atoms with Crippen LogP contribution >= 0.6 is 23.4 Å². The Bertz CT molecular complexity index is 1050. The smallest absolute Gasteiger partial charge is 0.214 e. The van der Waals surface area contributed by atoms with Crippen LogP contribution in [0.1, 0.15) is 11.1 Å². The van der Waals surface area contributed by atoms with Crippen molar-refractivity contribution < 1.29 is 0 Å². The number of halogens is 1. The number of hydrogen-bond acceptors (Lipinski definition) is 5. The number of thioether (sulfide) groups is 1. The maximum atomic E-state index is 6.27. The summed E-state index contributed by atoms with van der Waals surface area (Å²) in [4.78, 5) is 4.48. The normalized spacial score (nSPS) is 11.1. The second-order valence-corrected chi connectivity index (χ2v) is 6.96. The van der Waals surface area contributed by atoms with Crippen LogP contribution in [0.5, 0.6) is 0 Å². The van der Waals surface area contributed by atoms with Crippen molar-refractivity contribution in [2.45, 2.75) is 17.8 Å². The van der Waals surface area contributed by atoms with Crippen molar-refractivity contribution in [3.05, 3.63) is 70.9 Å². The molecule has 2 aromatic heterocycles. The first-order valence-electron chi connectivity index (χ1n) is 7.73. The van der Waals surface area contributed by atoms with Crippen LogP contribution < -0.4 is 0 Å². The summed E-state index contributed by atoms with van der Waals surface area (Å²) in [5, 5.41) is 14.5. The molecule has 0 radical (unpaired) electrons. The predicted molar refractivity (Wildman–Crippen MR) is 100 cm³/mol. The van der Waals surface area contributed by atoms with Gasteiger partial charge in [-0.25, -0.2) is 0 Å². The lowest BCUT2D eigenvalue weighted by molar-refractivity contribution is 0.755. The molecule has 4 rings (SSSR count). The summed E-state index contributed by atoms with van der Waals surface area (Å²) in [7, 11) is 0. The Hall–Kier alpha value is -2.44. The Morgan fingerprint density at radius 3 is 2.92 bits per heavy atom. The number of hydrogen-bond donors (Lipinski definition) is 0. The minimum absolute atomic E-state index is 0.705. The first kappa shape index (κ1) is 16.1. The largest absolute Gasteiger partial charge is 0.256 e. The van der Waals surface area contributed by atoms with Crippen molar-refractivity contribution in [2.24, 2.45) is 0 Å². The number of fused-ring (bicyclic) bond motifs is 1. The molecule has 0 aliphatic carbocycles. The molecule has 7 heteroatoms. The van der Waals surface area contributed by atoms with Crippen LogP contribution in [-0.4, -0.2) is 25.2 Å². The lowest BCUT2D eigenvalue weighted by Crippen LogP contribution is -1.99. The van der Waals surface area contributed by atoms with Crippen LogP contribution in [0.25, 0.3) is 16.6 Å². The third kappa shape index (κ3) is 3.23. The van der Waals surface area contributed by atoms with Crippen LogP contribution in [-0.2, 0) is 5.75 Å². The highest BCUT2D eigenvalue weighted by Crippen LogP contribution is 2.29. The van der Waals surface area contributed by atoms with Gasteiger partial charge in [0.2, 0.25) is 5.16 Å². The van der Waals surface area contributed by atoms with E-state index in [0.717, 1.165) is 32.9 Å². The highest BCUT2D eigenvalue weighted by atomic mass is 35.5. The van der Waals surface area contributed by atoms with Gasteiger partial charge < -0.3 is 0 Å². The molecule has 0 spiro atoms. The van der Waals surface area contributed by atoms with Crippen molar-refractivity contribution in [1.82, 2.24) is 25.2 Å². The van der Waals surface area contributed by atoms with E-state index in [1.54, 1.807) is 22.6 Å². The van der Waals surface area contributed by atoms with E-state index >= 15 is 0 Å². The molecule has 0 fully saturated rings. The molecule has 0 saturated heterocycles. The second-order valence-electron chi connectivity index (χ2n) is 5.61. The van der Waals surface area contributed by atoms with E-state index in [1.807, 2.05) is 49.4 Å². The summed E-state index contributed by atoms with van der Waals surface area (Å²) in [6, 6.07) is 15.9. The Morgan fingerprint density at radius 1 is 1.12 bits per heavy atom. The number of benzene rings is 2. The molecular formula is C18H14ClN5S. The van der Waals surface area contributed by atoms with Gasteiger partial charge in [-0.2, -0.15) is 4.68 Å². The molecule has 0 bridgehead atoms. The van der Waals surface area contributed by atoms with Crippen LogP contribution in [0, 0.1) is 6.92 Å². The van der Waals surface area contributed by atoms with Crippen molar-refractivity contribution >= 4 is 34.3 Å². The fourth-order valence-electron chi connectivity index (χ4n) is 2.65. The van der Waals surface area contributed by atoms with Gasteiger partial charge in [0.1, 0.15) is 0 Å². The molecule has 0 aliphatic heterocycles. The van der Waals surface area contributed by atoms with Gasteiger partial charge in [0.15, 0.2) is 0 Å². The van der Waals surface area contributed by atoms with Gasteiger partial charge in [-0.3, -0.25) is 4.98 Å². The third-order valence-corrected chi connectivity index (χ3v) is 5.14. The molecule has 4 aromatic rings. The molecule has 2 aromatic carbocycles. The highest BCUT2D eigenvalue weighted by molar-refractivity contribution is 7.98. The van der Waals surface area contributed by atoms with E-state index in [2.05, 4.69) is 26.6 Å². The summed E-state index contributed by atoms with van der Waals surface area (Å²) < 4.78 is 1.75. The number of aromatic nitrogens is 5. The van der Waals surface area contributed by atoms with Crippen molar-refractivity contribution in [2.75, 3.05) is 0 Å². The van der Waals surface area contributed by atoms with E-state index in [1.165, 1.54) is 0 Å². The monoisotopic (exact) mass is 367 g/mol. The number of pyridine rings is 1. The molecule has 124 valence electrons. The van der Waals surface area contributed by atoms with E-state index in [-0.39, 0.29) is 0 Å².